The average Bonchev–Trinajstić information content (AvgIpc) is 3.13. The van der Waals surface area contributed by atoms with Crippen molar-refractivity contribution in [2.45, 2.75) is 18.8 Å². The minimum atomic E-state index is 0.639. The fourth-order valence-electron chi connectivity index (χ4n) is 1.69. The molecule has 0 atom stereocenters. The van der Waals surface area contributed by atoms with Gasteiger partial charge in [-0.2, -0.15) is 0 Å². The van der Waals surface area contributed by atoms with Crippen molar-refractivity contribution in [3.63, 3.8) is 0 Å². The molecule has 2 heterocycles. The molecule has 0 aromatic carbocycles. The van der Waals surface area contributed by atoms with Crippen molar-refractivity contribution in [3.8, 4) is 11.3 Å². The summed E-state index contributed by atoms with van der Waals surface area (Å²) in [4.78, 5) is 12.8. The lowest BCUT2D eigenvalue weighted by molar-refractivity contribution is 0.966. The Balaban J connectivity index is 2.06. The minimum Gasteiger partial charge on any atom is -0.265 e. The number of hydrogen-bond acceptors (Lipinski definition) is 3. The van der Waals surface area contributed by atoms with Gasteiger partial charge in [-0.25, -0.2) is 9.97 Å². The number of halogens is 1. The maximum absolute atomic E-state index is 4.41. The molecular weight excluding hydrogens is 266 g/mol. The van der Waals surface area contributed by atoms with Crippen molar-refractivity contribution in [2.75, 3.05) is 0 Å². The quantitative estimate of drug-likeness (QED) is 0.791. The molecule has 80 valence electrons. The first-order valence-electron chi connectivity index (χ1n) is 5.28. The van der Waals surface area contributed by atoms with E-state index in [-0.39, 0.29) is 0 Å². The maximum Gasteiger partial charge on any atom is 0.197 e. The summed E-state index contributed by atoms with van der Waals surface area (Å²) < 4.78 is 0.670. The fourth-order valence-corrected chi connectivity index (χ4v) is 2.09. The van der Waals surface area contributed by atoms with Crippen molar-refractivity contribution in [2.24, 2.45) is 0 Å². The summed E-state index contributed by atoms with van der Waals surface area (Å²) in [5, 5.41) is 0. The number of aromatic nitrogens is 3. The van der Waals surface area contributed by atoms with Crippen LogP contribution in [0.4, 0.5) is 0 Å². The lowest BCUT2D eigenvalue weighted by Gasteiger charge is -2.04. The highest BCUT2D eigenvalue weighted by molar-refractivity contribution is 9.10. The summed E-state index contributed by atoms with van der Waals surface area (Å²) >= 11 is 3.37. The molecule has 3 rings (SSSR count). The highest BCUT2D eigenvalue weighted by Gasteiger charge is 2.26. The summed E-state index contributed by atoms with van der Waals surface area (Å²) in [6.45, 7) is 0. The van der Waals surface area contributed by atoms with Gasteiger partial charge in [-0.05, 0) is 47.0 Å². The smallest absolute Gasteiger partial charge is 0.197 e. The highest BCUT2D eigenvalue weighted by atomic mass is 79.9. The highest BCUT2D eigenvalue weighted by Crippen LogP contribution is 2.40. The molecule has 1 aliphatic carbocycles. The van der Waals surface area contributed by atoms with Gasteiger partial charge >= 0.3 is 0 Å². The molecule has 16 heavy (non-hydrogen) atoms. The van der Waals surface area contributed by atoms with Crippen molar-refractivity contribution in [3.05, 3.63) is 41.0 Å². The molecule has 2 aromatic heterocycles. The van der Waals surface area contributed by atoms with Crippen LogP contribution in [0.25, 0.3) is 11.3 Å². The van der Waals surface area contributed by atoms with E-state index in [1.807, 2.05) is 12.1 Å². The summed E-state index contributed by atoms with van der Waals surface area (Å²) in [6.07, 6.45) is 6.06. The maximum atomic E-state index is 4.41. The van der Waals surface area contributed by atoms with Crippen LogP contribution in [-0.2, 0) is 0 Å². The first-order chi connectivity index (χ1) is 7.83. The van der Waals surface area contributed by atoms with Gasteiger partial charge in [-0.15, -0.1) is 0 Å². The Kier molecular flexibility index (Phi) is 2.44. The van der Waals surface area contributed by atoms with Crippen LogP contribution in [0.15, 0.2) is 35.3 Å². The van der Waals surface area contributed by atoms with E-state index in [1.165, 1.54) is 12.8 Å². The molecule has 1 aliphatic rings. The summed E-state index contributed by atoms with van der Waals surface area (Å²) in [6, 6.07) is 6.01. The van der Waals surface area contributed by atoms with Gasteiger partial charge in [0.05, 0.1) is 5.69 Å². The lowest BCUT2D eigenvalue weighted by atomic mass is 10.1. The molecule has 0 N–H and O–H groups in total. The average molecular weight is 276 g/mol. The predicted octanol–water partition coefficient (Wildman–Crippen LogP) is 3.18. The largest absolute Gasteiger partial charge is 0.265 e. The zero-order valence-corrected chi connectivity index (χ0v) is 10.2. The third-order valence-electron chi connectivity index (χ3n) is 2.69. The Morgan fingerprint density at radius 2 is 1.88 bits per heavy atom. The summed E-state index contributed by atoms with van der Waals surface area (Å²) in [5.74, 6) is 0.639. The zero-order chi connectivity index (χ0) is 11.0. The third kappa shape index (κ3) is 1.97. The van der Waals surface area contributed by atoms with E-state index in [9.17, 15) is 0 Å². The molecule has 0 aliphatic heterocycles. The number of pyridine rings is 1. The zero-order valence-electron chi connectivity index (χ0n) is 8.60. The van der Waals surface area contributed by atoms with Crippen molar-refractivity contribution in [1.29, 1.82) is 0 Å². The molecule has 0 radical (unpaired) electrons. The van der Waals surface area contributed by atoms with Crippen LogP contribution in [0.1, 0.15) is 24.5 Å². The van der Waals surface area contributed by atoms with Crippen LogP contribution in [0.2, 0.25) is 0 Å². The predicted molar refractivity (Wildman–Crippen MR) is 64.9 cm³/mol. The first kappa shape index (κ1) is 9.90. The van der Waals surface area contributed by atoms with E-state index in [2.05, 4.69) is 36.9 Å². The molecular formula is C12H10BrN3. The van der Waals surface area contributed by atoms with E-state index < -0.39 is 0 Å². The van der Waals surface area contributed by atoms with E-state index in [1.54, 1.807) is 12.4 Å². The Morgan fingerprint density at radius 1 is 1.12 bits per heavy atom. The van der Waals surface area contributed by atoms with Crippen LogP contribution in [-0.4, -0.2) is 15.0 Å². The standard InChI is InChI=1S/C12H10BrN3/c13-12-15-10(8-1-2-8)7-11(16-12)9-3-5-14-6-4-9/h3-8H,1-2H2. The third-order valence-corrected chi connectivity index (χ3v) is 3.05. The molecule has 0 amide bonds. The normalized spacial score (nSPS) is 15.1. The second-order valence-corrected chi connectivity index (χ2v) is 4.67. The van der Waals surface area contributed by atoms with Crippen molar-refractivity contribution in [1.82, 2.24) is 15.0 Å². The van der Waals surface area contributed by atoms with Crippen LogP contribution >= 0.6 is 15.9 Å². The molecule has 0 bridgehead atoms. The van der Waals surface area contributed by atoms with Gasteiger partial charge in [0.1, 0.15) is 0 Å². The Hall–Kier alpha value is -1.29. The van der Waals surface area contributed by atoms with Gasteiger partial charge in [-0.1, -0.05) is 0 Å². The van der Waals surface area contributed by atoms with Crippen LogP contribution < -0.4 is 0 Å². The molecule has 1 saturated carbocycles. The summed E-state index contributed by atoms with van der Waals surface area (Å²) in [5.41, 5.74) is 3.19. The Labute approximate surface area is 102 Å². The lowest BCUT2D eigenvalue weighted by Crippen LogP contribution is -1.93. The van der Waals surface area contributed by atoms with E-state index in [0.29, 0.717) is 10.7 Å². The fraction of sp³-hybridized carbons (Fsp3) is 0.250. The number of nitrogens with zero attached hydrogens (tertiary/aromatic N) is 3. The monoisotopic (exact) mass is 275 g/mol. The van der Waals surface area contributed by atoms with E-state index in [0.717, 1.165) is 17.0 Å². The molecule has 0 spiro atoms. The SMILES string of the molecule is Brc1nc(-c2ccncc2)cc(C2CC2)n1. The summed E-state index contributed by atoms with van der Waals surface area (Å²) in [7, 11) is 0. The number of rotatable bonds is 2. The van der Waals surface area contributed by atoms with Crippen LogP contribution in [0.3, 0.4) is 0 Å². The molecule has 0 unspecified atom stereocenters. The van der Waals surface area contributed by atoms with E-state index in [4.69, 9.17) is 0 Å². The Morgan fingerprint density at radius 3 is 2.56 bits per heavy atom. The topological polar surface area (TPSA) is 38.7 Å². The van der Waals surface area contributed by atoms with E-state index >= 15 is 0 Å². The second-order valence-electron chi connectivity index (χ2n) is 3.96. The van der Waals surface area contributed by atoms with Gasteiger partial charge < -0.3 is 0 Å². The second kappa shape index (κ2) is 3.94. The molecule has 3 nitrogen and oxygen atoms in total. The molecule has 2 aromatic rings. The van der Waals surface area contributed by atoms with Crippen LogP contribution in [0.5, 0.6) is 0 Å². The van der Waals surface area contributed by atoms with Gasteiger partial charge in [0, 0.05) is 29.6 Å². The van der Waals surface area contributed by atoms with Crippen molar-refractivity contribution >= 4 is 15.9 Å². The number of hydrogen-bond donors (Lipinski definition) is 0. The van der Waals surface area contributed by atoms with Gasteiger partial charge in [0.2, 0.25) is 0 Å². The van der Waals surface area contributed by atoms with Gasteiger partial charge in [-0.3, -0.25) is 4.98 Å². The Bertz CT molecular complexity index is 509. The van der Waals surface area contributed by atoms with Gasteiger partial charge in [0.25, 0.3) is 0 Å². The molecule has 4 heteroatoms. The minimum absolute atomic E-state index is 0.639. The van der Waals surface area contributed by atoms with Crippen LogP contribution in [0, 0.1) is 0 Å². The molecule has 0 saturated heterocycles. The molecule has 1 fully saturated rings. The van der Waals surface area contributed by atoms with Crippen molar-refractivity contribution < 1.29 is 0 Å². The van der Waals surface area contributed by atoms with Gasteiger partial charge in [0.15, 0.2) is 4.73 Å². The first-order valence-corrected chi connectivity index (χ1v) is 6.07.